The van der Waals surface area contributed by atoms with Crippen LogP contribution >= 0.6 is 0 Å². The quantitative estimate of drug-likeness (QED) is 0.549. The number of pyridine rings is 1. The van der Waals surface area contributed by atoms with Gasteiger partial charge in [0.15, 0.2) is 0 Å². The summed E-state index contributed by atoms with van der Waals surface area (Å²) >= 11 is 0. The standard InChI is InChI=1S/C22H23N3O6/c1-14-2-7-17(10-23-14)31-13-16-5-3-15(4-6-16)12-25-9-8-18(26)20(22(25)30)21(29)24-11-19(27)28/h2-7,10,26H,8-9,11-13H2,1H3,(H,24,29)(H,27,28). The van der Waals surface area contributed by atoms with Crippen molar-refractivity contribution in [1.82, 2.24) is 15.2 Å². The van der Waals surface area contributed by atoms with Crippen molar-refractivity contribution < 1.29 is 29.3 Å². The van der Waals surface area contributed by atoms with Gasteiger partial charge in [0, 0.05) is 25.2 Å². The molecule has 1 aliphatic heterocycles. The maximum atomic E-state index is 12.7. The van der Waals surface area contributed by atoms with E-state index >= 15 is 0 Å². The van der Waals surface area contributed by atoms with E-state index in [2.05, 4.69) is 10.3 Å². The fourth-order valence-electron chi connectivity index (χ4n) is 3.04. The first-order valence-electron chi connectivity index (χ1n) is 9.68. The van der Waals surface area contributed by atoms with Crippen LogP contribution in [0.3, 0.4) is 0 Å². The molecule has 9 heteroatoms. The monoisotopic (exact) mass is 425 g/mol. The number of benzene rings is 1. The maximum absolute atomic E-state index is 12.7. The summed E-state index contributed by atoms with van der Waals surface area (Å²) in [5.74, 6) is -2.43. The second-order valence-electron chi connectivity index (χ2n) is 7.12. The summed E-state index contributed by atoms with van der Waals surface area (Å²) < 4.78 is 5.70. The fraction of sp³-hybridized carbons (Fsp3) is 0.273. The van der Waals surface area contributed by atoms with E-state index in [4.69, 9.17) is 9.84 Å². The Morgan fingerprint density at radius 1 is 1.16 bits per heavy atom. The van der Waals surface area contributed by atoms with Gasteiger partial charge in [0.2, 0.25) is 0 Å². The van der Waals surface area contributed by atoms with E-state index in [1.807, 2.05) is 43.3 Å². The Bertz CT molecular complexity index is 999. The number of aliphatic carboxylic acids is 1. The highest BCUT2D eigenvalue weighted by Crippen LogP contribution is 2.20. The van der Waals surface area contributed by atoms with Gasteiger partial charge < -0.3 is 25.2 Å². The minimum atomic E-state index is -1.24. The van der Waals surface area contributed by atoms with Gasteiger partial charge in [-0.1, -0.05) is 24.3 Å². The van der Waals surface area contributed by atoms with Crippen molar-refractivity contribution in [2.75, 3.05) is 13.1 Å². The van der Waals surface area contributed by atoms with Crippen molar-refractivity contribution in [3.05, 3.63) is 70.7 Å². The number of carbonyl (C=O) groups is 3. The summed E-state index contributed by atoms with van der Waals surface area (Å²) in [4.78, 5) is 41.0. The molecule has 3 rings (SSSR count). The lowest BCUT2D eigenvalue weighted by Gasteiger charge is -2.28. The van der Waals surface area contributed by atoms with Crippen LogP contribution < -0.4 is 10.1 Å². The molecule has 0 unspecified atom stereocenters. The van der Waals surface area contributed by atoms with Gasteiger partial charge in [-0.05, 0) is 30.2 Å². The average Bonchev–Trinajstić information content (AvgIpc) is 2.75. The first-order valence-corrected chi connectivity index (χ1v) is 9.68. The summed E-state index contributed by atoms with van der Waals surface area (Å²) in [7, 11) is 0. The summed E-state index contributed by atoms with van der Waals surface area (Å²) in [6.45, 7) is 2.15. The highest BCUT2D eigenvalue weighted by atomic mass is 16.5. The molecule has 2 aromatic rings. The minimum absolute atomic E-state index is 0.123. The zero-order valence-corrected chi connectivity index (χ0v) is 17.0. The van der Waals surface area contributed by atoms with Crippen LogP contribution in [0, 0.1) is 6.92 Å². The molecule has 0 fully saturated rings. The second kappa shape index (κ2) is 9.75. The highest BCUT2D eigenvalue weighted by Gasteiger charge is 2.32. The molecule has 1 aliphatic rings. The molecule has 0 spiro atoms. The third-order valence-electron chi connectivity index (χ3n) is 4.72. The van der Waals surface area contributed by atoms with Crippen molar-refractivity contribution >= 4 is 17.8 Å². The highest BCUT2D eigenvalue weighted by molar-refractivity contribution is 6.19. The minimum Gasteiger partial charge on any atom is -0.511 e. The predicted octanol–water partition coefficient (Wildman–Crippen LogP) is 1.71. The second-order valence-corrected chi connectivity index (χ2v) is 7.12. The lowest BCUT2D eigenvalue weighted by Crippen LogP contribution is -2.43. The summed E-state index contributed by atoms with van der Waals surface area (Å²) in [5.41, 5.74) is 2.29. The van der Waals surface area contributed by atoms with E-state index in [1.54, 1.807) is 6.20 Å². The average molecular weight is 425 g/mol. The van der Waals surface area contributed by atoms with Crippen molar-refractivity contribution in [2.24, 2.45) is 0 Å². The van der Waals surface area contributed by atoms with Crippen molar-refractivity contribution in [1.29, 1.82) is 0 Å². The number of hydrogen-bond acceptors (Lipinski definition) is 6. The van der Waals surface area contributed by atoms with Crippen LogP contribution in [0.4, 0.5) is 0 Å². The maximum Gasteiger partial charge on any atom is 0.322 e. The smallest absolute Gasteiger partial charge is 0.322 e. The molecule has 3 N–H and O–H groups in total. The topological polar surface area (TPSA) is 129 Å². The number of carboxylic acids is 1. The summed E-state index contributed by atoms with van der Waals surface area (Å²) in [6, 6.07) is 11.2. The van der Waals surface area contributed by atoms with E-state index in [-0.39, 0.29) is 25.3 Å². The number of aliphatic hydroxyl groups excluding tert-OH is 1. The molecule has 0 saturated heterocycles. The van der Waals surface area contributed by atoms with Gasteiger partial charge in [-0.3, -0.25) is 19.4 Å². The molecule has 2 amide bonds. The van der Waals surface area contributed by atoms with Crippen LogP contribution in [0.5, 0.6) is 5.75 Å². The van der Waals surface area contributed by atoms with E-state index < -0.39 is 29.9 Å². The molecular weight excluding hydrogens is 402 g/mol. The molecule has 0 atom stereocenters. The molecule has 31 heavy (non-hydrogen) atoms. The molecule has 0 aliphatic carbocycles. The number of hydrogen-bond donors (Lipinski definition) is 3. The van der Waals surface area contributed by atoms with Gasteiger partial charge >= 0.3 is 5.97 Å². The van der Waals surface area contributed by atoms with Gasteiger partial charge in [-0.15, -0.1) is 0 Å². The zero-order valence-electron chi connectivity index (χ0n) is 17.0. The number of carbonyl (C=O) groups excluding carboxylic acids is 2. The Hall–Kier alpha value is -3.88. The number of nitrogens with one attached hydrogen (secondary N) is 1. The summed E-state index contributed by atoms with van der Waals surface area (Å²) in [5, 5.41) is 20.8. The van der Waals surface area contributed by atoms with Gasteiger partial charge in [0.1, 0.15) is 30.2 Å². The lowest BCUT2D eigenvalue weighted by atomic mass is 10.0. The molecule has 1 aromatic carbocycles. The molecule has 1 aromatic heterocycles. The van der Waals surface area contributed by atoms with E-state index in [9.17, 15) is 19.5 Å². The zero-order chi connectivity index (χ0) is 22.4. The largest absolute Gasteiger partial charge is 0.511 e. The van der Waals surface area contributed by atoms with Crippen LogP contribution in [0.25, 0.3) is 0 Å². The molecular formula is C22H23N3O6. The molecule has 0 bridgehead atoms. The molecule has 2 heterocycles. The molecule has 162 valence electrons. The Kier molecular flexibility index (Phi) is 6.86. The molecule has 0 saturated carbocycles. The number of carboxylic acid groups (broad SMARTS) is 1. The van der Waals surface area contributed by atoms with Crippen molar-refractivity contribution in [3.63, 3.8) is 0 Å². The predicted molar refractivity (Wildman–Crippen MR) is 110 cm³/mol. The van der Waals surface area contributed by atoms with Crippen LogP contribution in [-0.2, 0) is 27.5 Å². The number of rotatable bonds is 8. The lowest BCUT2D eigenvalue weighted by molar-refractivity contribution is -0.138. The number of amides is 2. The number of aryl methyl sites for hydroxylation is 1. The third-order valence-corrected chi connectivity index (χ3v) is 4.72. The number of ether oxygens (including phenoxy) is 1. The first-order chi connectivity index (χ1) is 14.8. The first kappa shape index (κ1) is 21.8. The van der Waals surface area contributed by atoms with Crippen LogP contribution in [-0.4, -0.2) is 51.0 Å². The van der Waals surface area contributed by atoms with Crippen LogP contribution in [0.15, 0.2) is 53.9 Å². The Balaban J connectivity index is 1.59. The Morgan fingerprint density at radius 2 is 1.87 bits per heavy atom. The van der Waals surface area contributed by atoms with Crippen molar-refractivity contribution in [3.8, 4) is 5.75 Å². The van der Waals surface area contributed by atoms with E-state index in [0.717, 1.165) is 16.8 Å². The van der Waals surface area contributed by atoms with Gasteiger partial charge in [-0.2, -0.15) is 0 Å². The number of nitrogens with zero attached hydrogens (tertiary/aromatic N) is 2. The number of aliphatic hydroxyl groups is 1. The van der Waals surface area contributed by atoms with Gasteiger partial charge in [0.25, 0.3) is 11.8 Å². The van der Waals surface area contributed by atoms with Crippen LogP contribution in [0.2, 0.25) is 0 Å². The van der Waals surface area contributed by atoms with Crippen LogP contribution in [0.1, 0.15) is 23.2 Å². The van der Waals surface area contributed by atoms with E-state index in [0.29, 0.717) is 12.4 Å². The fourth-order valence-corrected chi connectivity index (χ4v) is 3.04. The molecule has 9 nitrogen and oxygen atoms in total. The third kappa shape index (κ3) is 5.81. The van der Waals surface area contributed by atoms with Gasteiger partial charge in [0.05, 0.1) is 6.20 Å². The summed E-state index contributed by atoms with van der Waals surface area (Å²) in [6.07, 6.45) is 1.79. The van der Waals surface area contributed by atoms with E-state index in [1.165, 1.54) is 4.90 Å². The normalized spacial score (nSPS) is 13.8. The Morgan fingerprint density at radius 3 is 2.52 bits per heavy atom. The van der Waals surface area contributed by atoms with Gasteiger partial charge in [-0.25, -0.2) is 0 Å². The van der Waals surface area contributed by atoms with Crippen molar-refractivity contribution in [2.45, 2.75) is 26.5 Å². The Labute approximate surface area is 179 Å². The number of aromatic nitrogens is 1. The molecule has 0 radical (unpaired) electrons. The SMILES string of the molecule is Cc1ccc(OCc2ccc(CN3CCC(O)=C(C(=O)NCC(=O)O)C3=O)cc2)cn1.